The number of thioether (sulfide) groups is 1. The van der Waals surface area contributed by atoms with E-state index in [0.717, 1.165) is 22.8 Å². The Balaban J connectivity index is 1.91. The van der Waals surface area contributed by atoms with Gasteiger partial charge < -0.3 is 10.1 Å². The van der Waals surface area contributed by atoms with E-state index in [2.05, 4.69) is 22.3 Å². The Morgan fingerprint density at radius 2 is 2.17 bits per heavy atom. The molecule has 1 aliphatic rings. The van der Waals surface area contributed by atoms with Crippen LogP contribution < -0.4 is 5.32 Å². The highest BCUT2D eigenvalue weighted by Crippen LogP contribution is 2.34. The van der Waals surface area contributed by atoms with Gasteiger partial charge in [0.2, 0.25) is 5.95 Å². The molecule has 1 N–H and O–H groups in total. The Morgan fingerprint density at radius 3 is 2.92 bits per heavy atom. The molecule has 0 radical (unpaired) electrons. The zero-order chi connectivity index (χ0) is 16.9. The largest absolute Gasteiger partial charge is 0.461 e. The van der Waals surface area contributed by atoms with Crippen molar-refractivity contribution in [2.24, 2.45) is 0 Å². The molecule has 126 valence electrons. The second-order valence-electron chi connectivity index (χ2n) is 5.34. The smallest absolute Gasteiger partial charge is 0.338 e. The van der Waals surface area contributed by atoms with Crippen LogP contribution in [0, 0.1) is 0 Å². The summed E-state index contributed by atoms with van der Waals surface area (Å²) >= 11 is 1.75. The van der Waals surface area contributed by atoms with Gasteiger partial charge in [-0.3, -0.25) is 0 Å². The number of benzene rings is 1. The van der Waals surface area contributed by atoms with Crippen LogP contribution in [-0.2, 0) is 9.53 Å². The minimum atomic E-state index is -0.337. The Hall–Kier alpha value is -2.28. The van der Waals surface area contributed by atoms with Gasteiger partial charge in [0.15, 0.2) is 0 Å². The first-order chi connectivity index (χ1) is 11.7. The first kappa shape index (κ1) is 16.6. The molecule has 1 unspecified atom stereocenters. The number of aromatic nitrogens is 3. The third kappa shape index (κ3) is 3.31. The third-order valence-electron chi connectivity index (χ3n) is 3.79. The zero-order valence-corrected chi connectivity index (χ0v) is 14.5. The molecule has 1 atom stereocenters. The number of carbonyl (C=O) groups is 1. The van der Waals surface area contributed by atoms with E-state index in [1.165, 1.54) is 6.33 Å². The van der Waals surface area contributed by atoms with E-state index >= 15 is 0 Å². The second kappa shape index (κ2) is 7.53. The lowest BCUT2D eigenvalue weighted by Crippen LogP contribution is -2.30. The molecule has 0 saturated heterocycles. The quantitative estimate of drug-likeness (QED) is 0.642. The molecule has 7 heteroatoms. The third-order valence-corrected chi connectivity index (χ3v) is 4.66. The Labute approximate surface area is 145 Å². The van der Waals surface area contributed by atoms with Crippen molar-refractivity contribution in [2.45, 2.75) is 19.9 Å². The van der Waals surface area contributed by atoms with E-state index in [1.54, 1.807) is 16.4 Å². The lowest BCUT2D eigenvalue weighted by Gasteiger charge is -2.28. The lowest BCUT2D eigenvalue weighted by atomic mass is 9.96. The maximum atomic E-state index is 12.7. The maximum Gasteiger partial charge on any atom is 0.338 e. The standard InChI is InChI=1S/C17H20N4O2S/c1-3-24-10-9-23-16(22)14-12(2)20-17-18-11-19-21(17)15(14)13-7-5-4-6-8-13/h4-8,11,15H,3,9-10H2,1-2H3,(H,18,19,20). The number of carbonyl (C=O) groups excluding carboxylic acids is 1. The summed E-state index contributed by atoms with van der Waals surface area (Å²) in [6.07, 6.45) is 1.48. The number of fused-ring (bicyclic) bond motifs is 1. The van der Waals surface area contributed by atoms with Crippen LogP contribution in [0.2, 0.25) is 0 Å². The maximum absolute atomic E-state index is 12.7. The van der Waals surface area contributed by atoms with E-state index in [1.807, 2.05) is 37.3 Å². The number of esters is 1. The van der Waals surface area contributed by atoms with Crippen molar-refractivity contribution in [2.75, 3.05) is 23.4 Å². The van der Waals surface area contributed by atoms with Crippen LogP contribution in [0.1, 0.15) is 25.5 Å². The number of hydrogen-bond acceptors (Lipinski definition) is 6. The number of rotatable bonds is 6. The molecule has 3 rings (SSSR count). The van der Waals surface area contributed by atoms with E-state index in [-0.39, 0.29) is 12.0 Å². The highest BCUT2D eigenvalue weighted by Gasteiger charge is 2.34. The number of allylic oxidation sites excluding steroid dienone is 1. The number of nitrogens with zero attached hydrogens (tertiary/aromatic N) is 3. The molecule has 0 fully saturated rings. The van der Waals surface area contributed by atoms with Crippen molar-refractivity contribution < 1.29 is 9.53 Å². The summed E-state index contributed by atoms with van der Waals surface area (Å²) < 4.78 is 7.20. The fourth-order valence-corrected chi connectivity index (χ4v) is 3.20. The van der Waals surface area contributed by atoms with Gasteiger partial charge in [-0.2, -0.15) is 21.8 Å². The molecule has 0 saturated carbocycles. The minimum Gasteiger partial charge on any atom is -0.461 e. The van der Waals surface area contributed by atoms with Gasteiger partial charge >= 0.3 is 5.97 Å². The van der Waals surface area contributed by atoms with Gasteiger partial charge in [0.1, 0.15) is 19.0 Å². The molecule has 2 heterocycles. The fraction of sp³-hybridized carbons (Fsp3) is 0.353. The molecule has 2 aromatic rings. The average molecular weight is 344 g/mol. The van der Waals surface area contributed by atoms with Gasteiger partial charge in [-0.05, 0) is 18.2 Å². The summed E-state index contributed by atoms with van der Waals surface area (Å²) in [5, 5.41) is 7.42. The zero-order valence-electron chi connectivity index (χ0n) is 13.7. The van der Waals surface area contributed by atoms with Gasteiger partial charge in [0.25, 0.3) is 0 Å². The molecule has 0 bridgehead atoms. The van der Waals surface area contributed by atoms with Gasteiger partial charge in [0, 0.05) is 11.4 Å². The van der Waals surface area contributed by atoms with Gasteiger partial charge in [-0.25, -0.2) is 9.48 Å². The predicted molar refractivity (Wildman–Crippen MR) is 94.9 cm³/mol. The SMILES string of the molecule is CCSCCOC(=O)C1=C(C)Nc2ncnn2C1c1ccccc1. The first-order valence-electron chi connectivity index (χ1n) is 7.89. The van der Waals surface area contributed by atoms with Crippen LogP contribution >= 0.6 is 11.8 Å². The number of hydrogen-bond donors (Lipinski definition) is 1. The first-order valence-corrected chi connectivity index (χ1v) is 9.05. The van der Waals surface area contributed by atoms with Gasteiger partial charge in [-0.1, -0.05) is 37.3 Å². The molecule has 0 amide bonds. The number of nitrogens with one attached hydrogen (secondary N) is 1. The summed E-state index contributed by atoms with van der Waals surface area (Å²) in [5.74, 6) is 2.12. The van der Waals surface area contributed by atoms with Crippen molar-refractivity contribution in [3.63, 3.8) is 0 Å². The average Bonchev–Trinajstić information content (AvgIpc) is 3.06. The molecule has 1 aromatic carbocycles. The number of ether oxygens (including phenoxy) is 1. The number of anilines is 1. The van der Waals surface area contributed by atoms with Crippen LogP contribution in [-0.4, -0.2) is 38.8 Å². The Bertz CT molecular complexity index is 742. The minimum absolute atomic E-state index is 0.313. The van der Waals surface area contributed by atoms with Crippen LogP contribution in [0.4, 0.5) is 5.95 Å². The normalized spacial score (nSPS) is 16.5. The van der Waals surface area contributed by atoms with Crippen molar-refractivity contribution >= 4 is 23.7 Å². The molecule has 0 aliphatic carbocycles. The summed E-state index contributed by atoms with van der Waals surface area (Å²) in [6.45, 7) is 4.35. The summed E-state index contributed by atoms with van der Waals surface area (Å²) in [7, 11) is 0. The Morgan fingerprint density at radius 1 is 1.38 bits per heavy atom. The van der Waals surface area contributed by atoms with Crippen molar-refractivity contribution in [3.05, 3.63) is 53.5 Å². The fourth-order valence-electron chi connectivity index (χ4n) is 2.71. The van der Waals surface area contributed by atoms with Crippen LogP contribution in [0.25, 0.3) is 0 Å². The van der Waals surface area contributed by atoms with Crippen molar-refractivity contribution in [3.8, 4) is 0 Å². The molecular formula is C17H20N4O2S. The van der Waals surface area contributed by atoms with Crippen molar-refractivity contribution in [1.82, 2.24) is 14.8 Å². The highest BCUT2D eigenvalue weighted by atomic mass is 32.2. The molecule has 24 heavy (non-hydrogen) atoms. The molecule has 1 aromatic heterocycles. The molecular weight excluding hydrogens is 324 g/mol. The highest BCUT2D eigenvalue weighted by molar-refractivity contribution is 7.99. The van der Waals surface area contributed by atoms with E-state index in [9.17, 15) is 4.79 Å². The molecule has 6 nitrogen and oxygen atoms in total. The van der Waals surface area contributed by atoms with Crippen molar-refractivity contribution in [1.29, 1.82) is 0 Å². The summed E-state index contributed by atoms with van der Waals surface area (Å²) in [5.41, 5.74) is 2.29. The lowest BCUT2D eigenvalue weighted by molar-refractivity contribution is -0.138. The molecule has 0 spiro atoms. The predicted octanol–water partition coefficient (Wildman–Crippen LogP) is 2.86. The van der Waals surface area contributed by atoms with Crippen LogP contribution in [0.3, 0.4) is 0 Å². The second-order valence-corrected chi connectivity index (χ2v) is 6.73. The summed E-state index contributed by atoms with van der Waals surface area (Å²) in [6, 6.07) is 9.47. The van der Waals surface area contributed by atoms with Crippen LogP contribution in [0.15, 0.2) is 47.9 Å². The van der Waals surface area contributed by atoms with Crippen LogP contribution in [0.5, 0.6) is 0 Å². The topological polar surface area (TPSA) is 69.0 Å². The van der Waals surface area contributed by atoms with E-state index < -0.39 is 0 Å². The van der Waals surface area contributed by atoms with E-state index in [4.69, 9.17) is 4.74 Å². The van der Waals surface area contributed by atoms with E-state index in [0.29, 0.717) is 18.1 Å². The molecule has 1 aliphatic heterocycles. The monoisotopic (exact) mass is 344 g/mol. The summed E-state index contributed by atoms with van der Waals surface area (Å²) in [4.78, 5) is 16.9. The van der Waals surface area contributed by atoms with Gasteiger partial charge in [0.05, 0.1) is 5.57 Å². The van der Waals surface area contributed by atoms with Gasteiger partial charge in [-0.15, -0.1) is 0 Å². The Kier molecular flexibility index (Phi) is 5.20.